The number of rotatable bonds is 10. The van der Waals surface area contributed by atoms with Crippen LogP contribution in [0.25, 0.3) is 0 Å². The van der Waals surface area contributed by atoms with Crippen LogP contribution in [-0.2, 0) is 35.1 Å². The molecule has 0 spiro atoms. The molecule has 6 N–H and O–H groups in total. The fourth-order valence-electron chi connectivity index (χ4n) is 5.06. The van der Waals surface area contributed by atoms with Crippen LogP contribution in [0.5, 0.6) is 11.5 Å². The fraction of sp³-hybridized carbons (Fsp3) is 0.294. The quantitative estimate of drug-likeness (QED) is 0.122. The van der Waals surface area contributed by atoms with Gasteiger partial charge in [-0.25, -0.2) is 14.4 Å². The van der Waals surface area contributed by atoms with Crippen molar-refractivity contribution in [2.75, 3.05) is 6.61 Å². The molecule has 3 aromatic rings. The smallest absolute Gasteiger partial charge is 0.346 e. The highest BCUT2D eigenvalue weighted by Crippen LogP contribution is 2.32. The predicted molar refractivity (Wildman–Crippen MR) is 163 cm³/mol. The summed E-state index contributed by atoms with van der Waals surface area (Å²) in [7, 11) is 0. The van der Waals surface area contributed by atoms with Crippen molar-refractivity contribution in [3.8, 4) is 11.5 Å². The van der Waals surface area contributed by atoms with Crippen LogP contribution in [0.15, 0.2) is 91.0 Å². The Kier molecular flexibility index (Phi) is 10.7. The summed E-state index contributed by atoms with van der Waals surface area (Å²) < 4.78 is 26.9. The molecule has 1 aliphatic heterocycles. The predicted octanol–water partition coefficient (Wildman–Crippen LogP) is -0.0647. The second kappa shape index (κ2) is 14.9. The van der Waals surface area contributed by atoms with Gasteiger partial charge in [-0.3, -0.25) is 4.79 Å². The first-order valence-corrected chi connectivity index (χ1v) is 14.9. The Balaban J connectivity index is 1.29. The lowest BCUT2D eigenvalue weighted by molar-refractivity contribution is -0.277. The Morgan fingerprint density at radius 3 is 2.08 bits per heavy atom. The van der Waals surface area contributed by atoms with E-state index in [4.69, 9.17) is 23.7 Å². The van der Waals surface area contributed by atoms with Crippen molar-refractivity contribution in [2.45, 2.75) is 55.1 Å². The summed E-state index contributed by atoms with van der Waals surface area (Å²) in [6.07, 6.45) is -11.0. The number of carbonyl (C=O) groups is 4. The molecule has 0 bridgehead atoms. The summed E-state index contributed by atoms with van der Waals surface area (Å²) in [6.45, 7) is -1.32. The van der Waals surface area contributed by atoms with Gasteiger partial charge in [-0.2, -0.15) is 0 Å². The number of hydrogen-bond donors (Lipinski definition) is 6. The summed E-state index contributed by atoms with van der Waals surface area (Å²) in [5.74, 6) is -4.92. The molecule has 15 heteroatoms. The molecular weight excluding hydrogens is 648 g/mol. The molecule has 1 aliphatic carbocycles. The highest BCUT2D eigenvalue weighted by Gasteiger charge is 2.58. The minimum absolute atomic E-state index is 0.00189. The van der Waals surface area contributed by atoms with Crippen LogP contribution >= 0.6 is 0 Å². The van der Waals surface area contributed by atoms with Crippen LogP contribution < -0.4 is 4.74 Å². The first-order valence-electron chi connectivity index (χ1n) is 14.9. The molecular formula is C34H32O15. The number of aromatic hydroxyl groups is 1. The zero-order chi connectivity index (χ0) is 35.3. The van der Waals surface area contributed by atoms with E-state index in [0.29, 0.717) is 0 Å². The average molecular weight is 681 g/mol. The first kappa shape index (κ1) is 35.2. The van der Waals surface area contributed by atoms with Gasteiger partial charge >= 0.3 is 17.9 Å². The number of aliphatic hydroxyl groups is 5. The van der Waals surface area contributed by atoms with Gasteiger partial charge in [-0.05, 0) is 54.6 Å². The first-order chi connectivity index (χ1) is 23.4. The molecule has 2 aliphatic rings. The van der Waals surface area contributed by atoms with E-state index in [1.807, 2.05) is 0 Å². The number of esters is 3. The monoisotopic (exact) mass is 680 g/mol. The van der Waals surface area contributed by atoms with Gasteiger partial charge < -0.3 is 54.3 Å². The Morgan fingerprint density at radius 2 is 1.43 bits per heavy atom. The van der Waals surface area contributed by atoms with Crippen LogP contribution in [0.3, 0.4) is 0 Å². The largest absolute Gasteiger partial charge is 0.508 e. The molecule has 1 fully saturated rings. The summed E-state index contributed by atoms with van der Waals surface area (Å²) in [5.41, 5.74) is -2.96. The number of benzene rings is 3. The second-order valence-corrected chi connectivity index (χ2v) is 11.1. The number of ether oxygens (including phenoxy) is 5. The Labute approximate surface area is 278 Å². The Morgan fingerprint density at radius 1 is 0.796 bits per heavy atom. The van der Waals surface area contributed by atoms with E-state index in [2.05, 4.69) is 0 Å². The van der Waals surface area contributed by atoms with Gasteiger partial charge in [0.1, 0.15) is 55.2 Å². The number of phenolic OH excluding ortho intramolecular Hbond substituents is 1. The summed E-state index contributed by atoms with van der Waals surface area (Å²) in [6, 6.07) is 18.8. The molecule has 0 amide bonds. The van der Waals surface area contributed by atoms with E-state index >= 15 is 0 Å². The number of hydrogen-bond acceptors (Lipinski definition) is 15. The van der Waals surface area contributed by atoms with Gasteiger partial charge in [-0.1, -0.05) is 36.4 Å². The molecule has 5 rings (SSSR count). The maximum atomic E-state index is 13.3. The molecule has 1 heterocycles. The lowest BCUT2D eigenvalue weighted by Crippen LogP contribution is -2.63. The van der Waals surface area contributed by atoms with Gasteiger partial charge in [-0.15, -0.1) is 0 Å². The lowest BCUT2D eigenvalue weighted by atomic mass is 9.83. The number of phenols is 1. The van der Waals surface area contributed by atoms with E-state index in [0.717, 1.165) is 18.2 Å². The van der Waals surface area contributed by atoms with E-state index in [1.54, 1.807) is 24.3 Å². The van der Waals surface area contributed by atoms with Crippen LogP contribution in [0.4, 0.5) is 0 Å². The highest BCUT2D eigenvalue weighted by molar-refractivity contribution is 6.03. The Hall–Kier alpha value is -5.16. The van der Waals surface area contributed by atoms with Crippen molar-refractivity contribution >= 4 is 23.7 Å². The van der Waals surface area contributed by atoms with Crippen LogP contribution in [0, 0.1) is 0 Å². The standard InChI is InChI=1S/C34H32O15/c35-21-11-13-23(47-32-28(40)27(39)26(38)24(48-32)17-45-30(41)18-7-3-1-4-8-18)20(15-21)16-46-33(43)34(44)25(37)14-12-22(36)29(34)49-31(42)19-9-5-2-6-10-19/h1-15,24-29,32,35,37-40,44H,16-17H2/t24-,25-,26-,27+,28-,29+,32-,34-/m0/s1. The van der Waals surface area contributed by atoms with Crippen molar-refractivity contribution in [3.63, 3.8) is 0 Å². The van der Waals surface area contributed by atoms with E-state index in [9.17, 15) is 49.8 Å². The molecule has 15 nitrogen and oxygen atoms in total. The molecule has 0 saturated carbocycles. The second-order valence-electron chi connectivity index (χ2n) is 11.1. The maximum Gasteiger partial charge on any atom is 0.346 e. The third-order valence-electron chi connectivity index (χ3n) is 7.82. The normalized spacial score (nSPS) is 27.9. The van der Waals surface area contributed by atoms with Gasteiger partial charge in [0.15, 0.2) is 5.78 Å². The van der Waals surface area contributed by atoms with E-state index < -0.39 is 85.4 Å². The number of aliphatic hydroxyl groups excluding tert-OH is 4. The zero-order valence-corrected chi connectivity index (χ0v) is 25.5. The molecule has 258 valence electrons. The molecule has 1 saturated heterocycles. The maximum absolute atomic E-state index is 13.3. The number of carbonyl (C=O) groups excluding carboxylic acids is 4. The third kappa shape index (κ3) is 7.62. The molecule has 49 heavy (non-hydrogen) atoms. The average Bonchev–Trinajstić information content (AvgIpc) is 3.11. The zero-order valence-electron chi connectivity index (χ0n) is 25.5. The van der Waals surface area contributed by atoms with Crippen molar-refractivity contribution in [3.05, 3.63) is 108 Å². The van der Waals surface area contributed by atoms with Crippen LogP contribution in [0.2, 0.25) is 0 Å². The van der Waals surface area contributed by atoms with Gasteiger partial charge in [0, 0.05) is 5.56 Å². The lowest BCUT2D eigenvalue weighted by Gasteiger charge is -2.40. The Bertz CT molecular complexity index is 1690. The summed E-state index contributed by atoms with van der Waals surface area (Å²) in [5, 5.41) is 63.5. The molecule has 0 radical (unpaired) electrons. The fourth-order valence-corrected chi connectivity index (χ4v) is 5.06. The van der Waals surface area contributed by atoms with Crippen molar-refractivity contribution in [2.24, 2.45) is 0 Å². The van der Waals surface area contributed by atoms with E-state index in [-0.39, 0.29) is 28.2 Å². The molecule has 3 aromatic carbocycles. The summed E-state index contributed by atoms with van der Waals surface area (Å²) in [4.78, 5) is 51.0. The molecule has 8 atom stereocenters. The van der Waals surface area contributed by atoms with E-state index in [1.165, 1.54) is 48.5 Å². The SMILES string of the molecule is O=C(OC[C@@H]1O[C@H](Oc2ccc(O)cc2COC(=O)[C@@]2(O)[C@H](OC(=O)c3ccccc3)C(=O)C=C[C@@H]2O)[C@@H](O)[C@H](O)[C@H]1O)c1ccccc1. The topological polar surface area (TPSA) is 236 Å². The summed E-state index contributed by atoms with van der Waals surface area (Å²) >= 11 is 0. The highest BCUT2D eigenvalue weighted by atomic mass is 16.7. The van der Waals surface area contributed by atoms with Gasteiger partial charge in [0.2, 0.25) is 18.0 Å². The molecule has 0 unspecified atom stereocenters. The van der Waals surface area contributed by atoms with Gasteiger partial charge in [0.05, 0.1) is 11.1 Å². The molecule has 0 aromatic heterocycles. The minimum atomic E-state index is -3.08. The van der Waals surface area contributed by atoms with Crippen molar-refractivity contribution < 1.29 is 73.5 Å². The van der Waals surface area contributed by atoms with Crippen LogP contribution in [0.1, 0.15) is 26.3 Å². The third-order valence-corrected chi connectivity index (χ3v) is 7.82. The minimum Gasteiger partial charge on any atom is -0.508 e. The number of ketones is 1. The van der Waals surface area contributed by atoms with Crippen molar-refractivity contribution in [1.29, 1.82) is 0 Å². The van der Waals surface area contributed by atoms with Crippen LogP contribution in [-0.4, -0.2) is 109 Å². The van der Waals surface area contributed by atoms with Crippen molar-refractivity contribution in [1.82, 2.24) is 0 Å². The van der Waals surface area contributed by atoms with Gasteiger partial charge in [0.25, 0.3) is 0 Å².